The molecule has 4 amide bonds. The Kier molecular flexibility index (Phi) is 10.7. The van der Waals surface area contributed by atoms with E-state index in [1.165, 1.54) is 18.7 Å². The quantitative estimate of drug-likeness (QED) is 0.299. The maximum Gasteiger partial charge on any atom is 0.289 e. The molecule has 29 heavy (non-hydrogen) atoms. The molecule has 0 bridgehead atoms. The average molecular weight is 429 g/mol. The van der Waals surface area contributed by atoms with E-state index in [-0.39, 0.29) is 24.4 Å². The predicted octanol–water partition coefficient (Wildman–Crippen LogP) is -0.261. The molecule has 0 aromatic heterocycles. The number of thioether (sulfide) groups is 1. The van der Waals surface area contributed by atoms with Crippen LogP contribution >= 0.6 is 11.8 Å². The zero-order valence-corrected chi connectivity index (χ0v) is 18.3. The summed E-state index contributed by atoms with van der Waals surface area (Å²) in [5.74, 6) is -1.97. The molecule has 1 rings (SSSR count). The molecule has 1 saturated carbocycles. The van der Waals surface area contributed by atoms with Gasteiger partial charge in [0.2, 0.25) is 23.5 Å². The summed E-state index contributed by atoms with van der Waals surface area (Å²) in [5.41, 5.74) is 0. The van der Waals surface area contributed by atoms with Crippen molar-refractivity contribution in [2.45, 2.75) is 64.6 Å². The minimum absolute atomic E-state index is 0.0503. The zero-order chi connectivity index (χ0) is 22.0. The summed E-state index contributed by atoms with van der Waals surface area (Å²) >= 11 is 1.50. The van der Waals surface area contributed by atoms with Gasteiger partial charge in [0.15, 0.2) is 0 Å². The summed E-state index contributed by atoms with van der Waals surface area (Å²) in [6.45, 7) is 4.81. The number of rotatable bonds is 13. The van der Waals surface area contributed by atoms with E-state index in [1.807, 2.05) is 20.1 Å². The van der Waals surface area contributed by atoms with Gasteiger partial charge in [-0.1, -0.05) is 13.8 Å². The molecule has 0 radical (unpaired) electrons. The van der Waals surface area contributed by atoms with Crippen molar-refractivity contribution in [3.63, 3.8) is 0 Å². The molecule has 0 spiro atoms. The molecule has 0 aromatic rings. The van der Waals surface area contributed by atoms with Crippen molar-refractivity contribution in [1.29, 1.82) is 0 Å². The summed E-state index contributed by atoms with van der Waals surface area (Å²) in [6.07, 6.45) is 4.34. The summed E-state index contributed by atoms with van der Waals surface area (Å²) in [6, 6.07) is -1.62. The van der Waals surface area contributed by atoms with Crippen molar-refractivity contribution in [3.8, 4) is 0 Å². The Balaban J connectivity index is 2.59. The van der Waals surface area contributed by atoms with Crippen molar-refractivity contribution in [2.75, 3.05) is 18.6 Å². The van der Waals surface area contributed by atoms with Gasteiger partial charge in [0, 0.05) is 13.0 Å². The summed E-state index contributed by atoms with van der Waals surface area (Å²) < 4.78 is 0. The summed E-state index contributed by atoms with van der Waals surface area (Å²) in [7, 11) is 0. The molecule has 2 unspecified atom stereocenters. The van der Waals surface area contributed by atoms with Crippen molar-refractivity contribution in [1.82, 2.24) is 21.3 Å². The summed E-state index contributed by atoms with van der Waals surface area (Å²) in [5, 5.41) is 10.2. The fraction of sp³-hybridized carbons (Fsp3) is 0.737. The van der Waals surface area contributed by atoms with Gasteiger partial charge in [0.05, 0.1) is 12.6 Å². The van der Waals surface area contributed by atoms with Crippen LogP contribution in [0.15, 0.2) is 0 Å². The number of amides is 4. The lowest BCUT2D eigenvalue weighted by atomic mass is 10.0. The van der Waals surface area contributed by atoms with Gasteiger partial charge in [0.25, 0.3) is 5.91 Å². The Bertz CT molecular complexity index is 622. The Hall–Kier alpha value is -2.10. The second-order valence-corrected chi connectivity index (χ2v) is 8.60. The minimum Gasteiger partial charge on any atom is -0.347 e. The van der Waals surface area contributed by atoms with Gasteiger partial charge in [-0.15, -0.1) is 0 Å². The standard InChI is InChI=1S/C19H32N4O5S/c1-11(2)9-15(21-12(3)24)18(27)20-10-16(25)23-14(7-8-29-4)17(26)19(28)22-13-5-6-13/h11,13-15H,5-10H2,1-4H3,(H,20,27)(H,21,24)(H,22,28)(H,23,25). The number of hydrogen-bond donors (Lipinski definition) is 4. The number of carbonyl (C=O) groups excluding carboxylic acids is 5. The molecule has 1 fully saturated rings. The Labute approximate surface area is 175 Å². The van der Waals surface area contributed by atoms with Crippen LogP contribution in [0, 0.1) is 5.92 Å². The normalized spacial score (nSPS) is 15.2. The molecule has 1 aliphatic carbocycles. The number of carbonyl (C=O) groups is 5. The molecule has 2 atom stereocenters. The van der Waals surface area contributed by atoms with E-state index >= 15 is 0 Å². The van der Waals surface area contributed by atoms with Gasteiger partial charge in [-0.3, -0.25) is 24.0 Å². The molecule has 10 heteroatoms. The van der Waals surface area contributed by atoms with Crippen LogP contribution < -0.4 is 21.3 Å². The van der Waals surface area contributed by atoms with Gasteiger partial charge >= 0.3 is 0 Å². The number of hydrogen-bond acceptors (Lipinski definition) is 6. The molecule has 0 saturated heterocycles. The third kappa shape index (κ3) is 10.3. The average Bonchev–Trinajstić information content (AvgIpc) is 3.45. The molecule has 0 aromatic carbocycles. The third-order valence-electron chi connectivity index (χ3n) is 4.22. The van der Waals surface area contributed by atoms with E-state index in [1.54, 1.807) is 0 Å². The fourth-order valence-corrected chi connectivity index (χ4v) is 3.10. The first-order chi connectivity index (χ1) is 13.6. The van der Waals surface area contributed by atoms with Crippen LogP contribution in [0.5, 0.6) is 0 Å². The maximum absolute atomic E-state index is 12.4. The van der Waals surface area contributed by atoms with E-state index in [9.17, 15) is 24.0 Å². The van der Waals surface area contributed by atoms with E-state index in [4.69, 9.17) is 0 Å². The van der Waals surface area contributed by atoms with Crippen LogP contribution in [0.25, 0.3) is 0 Å². The lowest BCUT2D eigenvalue weighted by Crippen LogP contribution is -2.52. The van der Waals surface area contributed by atoms with Crippen LogP contribution in [-0.4, -0.2) is 66.1 Å². The Morgan fingerprint density at radius 1 is 1.03 bits per heavy atom. The SMILES string of the molecule is CSCCC(NC(=O)CNC(=O)C(CC(C)C)NC(C)=O)C(=O)C(=O)NC1CC1. The highest BCUT2D eigenvalue weighted by Gasteiger charge is 2.31. The fourth-order valence-electron chi connectivity index (χ4n) is 2.63. The van der Waals surface area contributed by atoms with Gasteiger partial charge in [0.1, 0.15) is 6.04 Å². The van der Waals surface area contributed by atoms with Crippen LogP contribution in [0.2, 0.25) is 0 Å². The first kappa shape index (κ1) is 24.9. The molecule has 9 nitrogen and oxygen atoms in total. The van der Waals surface area contributed by atoms with Crippen LogP contribution in [0.4, 0.5) is 0 Å². The van der Waals surface area contributed by atoms with Crippen molar-refractivity contribution in [3.05, 3.63) is 0 Å². The molecule has 1 aliphatic rings. The van der Waals surface area contributed by atoms with Crippen LogP contribution in [-0.2, 0) is 24.0 Å². The van der Waals surface area contributed by atoms with Crippen LogP contribution in [0.3, 0.4) is 0 Å². The highest BCUT2D eigenvalue weighted by molar-refractivity contribution is 7.98. The van der Waals surface area contributed by atoms with Crippen molar-refractivity contribution in [2.24, 2.45) is 5.92 Å². The third-order valence-corrected chi connectivity index (χ3v) is 4.87. The topological polar surface area (TPSA) is 133 Å². The van der Waals surface area contributed by atoms with Crippen molar-refractivity contribution >= 4 is 41.2 Å². The first-order valence-electron chi connectivity index (χ1n) is 9.81. The van der Waals surface area contributed by atoms with E-state index < -0.39 is 35.6 Å². The van der Waals surface area contributed by atoms with Crippen molar-refractivity contribution < 1.29 is 24.0 Å². The molecular formula is C19H32N4O5S. The zero-order valence-electron chi connectivity index (χ0n) is 17.5. The van der Waals surface area contributed by atoms with Gasteiger partial charge < -0.3 is 21.3 Å². The van der Waals surface area contributed by atoms with E-state index in [0.717, 1.165) is 12.8 Å². The molecule has 0 heterocycles. The van der Waals surface area contributed by atoms with Gasteiger partial charge in [-0.25, -0.2) is 0 Å². The lowest BCUT2D eigenvalue weighted by Gasteiger charge is -2.20. The molecule has 4 N–H and O–H groups in total. The smallest absolute Gasteiger partial charge is 0.289 e. The predicted molar refractivity (Wildman–Crippen MR) is 111 cm³/mol. The van der Waals surface area contributed by atoms with Crippen LogP contribution in [0.1, 0.15) is 46.5 Å². The second-order valence-electron chi connectivity index (χ2n) is 7.61. The summed E-state index contributed by atoms with van der Waals surface area (Å²) in [4.78, 5) is 60.2. The van der Waals surface area contributed by atoms with Gasteiger partial charge in [-0.2, -0.15) is 11.8 Å². The minimum atomic E-state index is -0.938. The van der Waals surface area contributed by atoms with E-state index in [0.29, 0.717) is 18.6 Å². The molecular weight excluding hydrogens is 396 g/mol. The highest BCUT2D eigenvalue weighted by atomic mass is 32.2. The largest absolute Gasteiger partial charge is 0.347 e. The Morgan fingerprint density at radius 2 is 1.69 bits per heavy atom. The van der Waals surface area contributed by atoms with E-state index in [2.05, 4.69) is 21.3 Å². The monoisotopic (exact) mass is 428 g/mol. The number of Topliss-reactive ketones (excluding diaryl/α,β-unsaturated/α-hetero) is 1. The number of ketones is 1. The number of nitrogens with one attached hydrogen (secondary N) is 4. The highest BCUT2D eigenvalue weighted by Crippen LogP contribution is 2.18. The molecule has 0 aliphatic heterocycles. The lowest BCUT2D eigenvalue weighted by molar-refractivity contribution is -0.140. The Morgan fingerprint density at radius 3 is 2.21 bits per heavy atom. The molecule has 164 valence electrons. The van der Waals surface area contributed by atoms with Gasteiger partial charge in [-0.05, 0) is 43.6 Å². The second kappa shape index (κ2) is 12.5. The first-order valence-corrected chi connectivity index (χ1v) is 11.2. The maximum atomic E-state index is 12.4.